The third kappa shape index (κ3) is 3.15. The van der Waals surface area contributed by atoms with Crippen molar-refractivity contribution >= 4 is 29.5 Å². The summed E-state index contributed by atoms with van der Waals surface area (Å²) in [5.74, 6) is -5.06. The summed E-state index contributed by atoms with van der Waals surface area (Å²) in [4.78, 5) is 66.0. The van der Waals surface area contributed by atoms with Gasteiger partial charge in [0, 0.05) is 29.6 Å². The number of hydrogen-bond donors (Lipinski definition) is 1. The normalized spacial score (nSPS) is 46.7. The number of carbonyl (C=O) groups is 5. The molecule has 0 radical (unpaired) electrons. The highest BCUT2D eigenvalue weighted by Gasteiger charge is 2.77. The molecule has 0 unspecified atom stereocenters. The van der Waals surface area contributed by atoms with Crippen molar-refractivity contribution in [1.29, 1.82) is 0 Å². The highest BCUT2D eigenvalue weighted by molar-refractivity contribution is 6.15. The van der Waals surface area contributed by atoms with Gasteiger partial charge in [-0.3, -0.25) is 19.2 Å². The standard InChI is InChI=1S/C28H38O9/c1-13-10-16-26(6)15(24(3,4)17(30)12-18(26)31)11-19(36-14(2)29)27(16,7)20-21(32)37-28(8,23(34)35-9)22(33)25(13,20)5/h15-16,18-20,31H,1,10-12H2,2-9H3/t15-,16+,18+,19-,20+,25+,26+,27+,28-/m0/s1. The largest absolute Gasteiger partial charge is 0.466 e. The number of allylic oxidation sites excluding steroid dienone is 1. The second-order valence-corrected chi connectivity index (χ2v) is 12.8. The Morgan fingerprint density at radius 1 is 1.00 bits per heavy atom. The van der Waals surface area contributed by atoms with E-state index in [2.05, 4.69) is 6.58 Å². The van der Waals surface area contributed by atoms with E-state index in [9.17, 15) is 29.1 Å². The number of cyclic esters (lactones) is 1. The summed E-state index contributed by atoms with van der Waals surface area (Å²) in [6, 6.07) is 0. The summed E-state index contributed by atoms with van der Waals surface area (Å²) >= 11 is 0. The molecule has 4 aliphatic rings. The lowest BCUT2D eigenvalue weighted by Gasteiger charge is -2.70. The summed E-state index contributed by atoms with van der Waals surface area (Å²) in [6.07, 6.45) is -1.46. The lowest BCUT2D eigenvalue weighted by atomic mass is 9.34. The molecule has 1 saturated heterocycles. The maximum absolute atomic E-state index is 14.0. The van der Waals surface area contributed by atoms with Crippen molar-refractivity contribution < 1.29 is 43.3 Å². The van der Waals surface area contributed by atoms with E-state index in [1.165, 1.54) is 13.8 Å². The fraction of sp³-hybridized carbons (Fsp3) is 0.750. The molecule has 0 bridgehead atoms. The minimum Gasteiger partial charge on any atom is -0.466 e. The first-order valence-corrected chi connectivity index (χ1v) is 12.8. The Morgan fingerprint density at radius 3 is 2.14 bits per heavy atom. The molecule has 4 fully saturated rings. The molecular weight excluding hydrogens is 480 g/mol. The van der Waals surface area contributed by atoms with Crippen LogP contribution in [-0.2, 0) is 38.2 Å². The Kier molecular flexibility index (Phi) is 5.93. The van der Waals surface area contributed by atoms with Gasteiger partial charge < -0.3 is 19.3 Å². The molecular formula is C28H38O9. The van der Waals surface area contributed by atoms with Gasteiger partial charge in [0.1, 0.15) is 11.9 Å². The Balaban J connectivity index is 1.97. The van der Waals surface area contributed by atoms with Crippen LogP contribution in [0.25, 0.3) is 0 Å². The van der Waals surface area contributed by atoms with Crippen LogP contribution in [0.15, 0.2) is 12.2 Å². The summed E-state index contributed by atoms with van der Waals surface area (Å²) in [5.41, 5.74) is -6.09. The molecule has 37 heavy (non-hydrogen) atoms. The van der Waals surface area contributed by atoms with Gasteiger partial charge in [-0.25, -0.2) is 4.79 Å². The van der Waals surface area contributed by atoms with Crippen molar-refractivity contribution in [3.8, 4) is 0 Å². The van der Waals surface area contributed by atoms with Crippen LogP contribution in [0.5, 0.6) is 0 Å². The smallest absolute Gasteiger partial charge is 0.358 e. The quantitative estimate of drug-likeness (QED) is 0.253. The Hall–Kier alpha value is -2.55. The molecule has 4 rings (SSSR count). The number of rotatable bonds is 2. The first-order valence-electron chi connectivity index (χ1n) is 12.8. The van der Waals surface area contributed by atoms with Crippen molar-refractivity contribution in [2.24, 2.45) is 39.4 Å². The first-order chi connectivity index (χ1) is 16.8. The average Bonchev–Trinajstić information content (AvgIpc) is 2.79. The Morgan fingerprint density at radius 2 is 1.59 bits per heavy atom. The van der Waals surface area contributed by atoms with Gasteiger partial charge in [-0.1, -0.05) is 39.8 Å². The molecule has 1 aliphatic heterocycles. The van der Waals surface area contributed by atoms with Crippen molar-refractivity contribution in [1.82, 2.24) is 0 Å². The van der Waals surface area contributed by atoms with E-state index < -0.39 is 75.0 Å². The number of methoxy groups -OCH3 is 1. The number of ether oxygens (including phenoxy) is 3. The second kappa shape index (κ2) is 7.98. The van der Waals surface area contributed by atoms with Gasteiger partial charge in [0.15, 0.2) is 5.78 Å². The van der Waals surface area contributed by atoms with Gasteiger partial charge in [-0.2, -0.15) is 0 Å². The maximum Gasteiger partial charge on any atom is 0.358 e. The van der Waals surface area contributed by atoms with E-state index in [4.69, 9.17) is 14.2 Å². The lowest BCUT2D eigenvalue weighted by molar-refractivity contribution is -0.263. The molecule has 0 amide bonds. The van der Waals surface area contributed by atoms with Crippen molar-refractivity contribution in [2.45, 2.75) is 85.5 Å². The number of Topliss-reactive ketones (excluding diaryl/α,β-unsaturated/α-hetero) is 2. The summed E-state index contributed by atoms with van der Waals surface area (Å²) in [5, 5.41) is 11.4. The zero-order valence-corrected chi connectivity index (χ0v) is 22.9. The molecule has 1 N–H and O–H groups in total. The molecule has 0 spiro atoms. The van der Waals surface area contributed by atoms with Crippen LogP contribution >= 0.6 is 0 Å². The molecule has 0 aromatic carbocycles. The number of esters is 3. The van der Waals surface area contributed by atoms with Gasteiger partial charge >= 0.3 is 17.9 Å². The number of hydrogen-bond acceptors (Lipinski definition) is 9. The average molecular weight is 519 g/mol. The minimum absolute atomic E-state index is 0.0387. The van der Waals surface area contributed by atoms with E-state index in [0.717, 1.165) is 7.11 Å². The predicted molar refractivity (Wildman–Crippen MR) is 130 cm³/mol. The molecule has 9 heteroatoms. The van der Waals surface area contributed by atoms with Crippen LogP contribution < -0.4 is 0 Å². The maximum atomic E-state index is 14.0. The molecule has 0 aromatic rings. The SMILES string of the molecule is C=C1C[C@H]2[C@](C)([C@@H](OC(C)=O)C[C@H]3C(C)(C)C(=O)C[C@@H](O)[C@@]23C)[C@@H]2C(=O)O[C@](C)(C(=O)OC)C(=O)[C@]12C. The van der Waals surface area contributed by atoms with Crippen LogP contribution in [0.4, 0.5) is 0 Å². The van der Waals surface area contributed by atoms with E-state index in [1.807, 2.05) is 20.8 Å². The first kappa shape index (κ1) is 27.5. The molecule has 9 atom stereocenters. The van der Waals surface area contributed by atoms with Crippen molar-refractivity contribution in [3.63, 3.8) is 0 Å². The third-order valence-electron chi connectivity index (χ3n) is 10.8. The number of carbonyl (C=O) groups excluding carboxylic acids is 5. The minimum atomic E-state index is -2.15. The second-order valence-electron chi connectivity index (χ2n) is 12.8. The molecule has 3 saturated carbocycles. The van der Waals surface area contributed by atoms with E-state index in [-0.39, 0.29) is 31.0 Å². The predicted octanol–water partition coefficient (Wildman–Crippen LogP) is 2.57. The summed E-state index contributed by atoms with van der Waals surface area (Å²) in [6.45, 7) is 15.7. The number of aliphatic hydroxyl groups excluding tert-OH is 1. The zero-order chi connectivity index (χ0) is 28.1. The lowest BCUT2D eigenvalue weighted by Crippen LogP contribution is -2.75. The van der Waals surface area contributed by atoms with Crippen LogP contribution in [0.1, 0.15) is 67.7 Å². The van der Waals surface area contributed by atoms with Gasteiger partial charge in [0.2, 0.25) is 0 Å². The summed E-state index contributed by atoms with van der Waals surface area (Å²) < 4.78 is 16.3. The molecule has 204 valence electrons. The topological polar surface area (TPSA) is 133 Å². The van der Waals surface area contributed by atoms with Crippen LogP contribution in [0, 0.1) is 39.4 Å². The Labute approximate surface area is 217 Å². The third-order valence-corrected chi connectivity index (χ3v) is 10.8. The van der Waals surface area contributed by atoms with E-state index in [1.54, 1.807) is 13.8 Å². The van der Waals surface area contributed by atoms with Gasteiger partial charge in [-0.05, 0) is 38.5 Å². The molecule has 3 aliphatic carbocycles. The fourth-order valence-electron chi connectivity index (χ4n) is 8.65. The fourth-order valence-corrected chi connectivity index (χ4v) is 8.65. The molecule has 0 aromatic heterocycles. The molecule has 9 nitrogen and oxygen atoms in total. The number of ketones is 2. The van der Waals surface area contributed by atoms with E-state index >= 15 is 0 Å². The molecule has 1 heterocycles. The van der Waals surface area contributed by atoms with Gasteiger partial charge in [-0.15, -0.1) is 0 Å². The number of aliphatic hydroxyl groups is 1. The van der Waals surface area contributed by atoms with E-state index in [0.29, 0.717) is 5.57 Å². The van der Waals surface area contributed by atoms with Crippen LogP contribution in [-0.4, -0.2) is 59.5 Å². The van der Waals surface area contributed by atoms with Gasteiger partial charge in [0.25, 0.3) is 5.60 Å². The highest BCUT2D eigenvalue weighted by atomic mass is 16.6. The van der Waals surface area contributed by atoms with Crippen LogP contribution in [0.2, 0.25) is 0 Å². The number of fused-ring (bicyclic) bond motifs is 5. The van der Waals surface area contributed by atoms with Crippen molar-refractivity contribution in [3.05, 3.63) is 12.2 Å². The van der Waals surface area contributed by atoms with Crippen LogP contribution in [0.3, 0.4) is 0 Å². The van der Waals surface area contributed by atoms with Gasteiger partial charge in [0.05, 0.1) is 24.5 Å². The zero-order valence-electron chi connectivity index (χ0n) is 22.9. The monoisotopic (exact) mass is 518 g/mol. The van der Waals surface area contributed by atoms with Crippen molar-refractivity contribution in [2.75, 3.05) is 7.11 Å². The Bertz CT molecular complexity index is 1120. The summed E-state index contributed by atoms with van der Waals surface area (Å²) in [7, 11) is 1.11. The highest BCUT2D eigenvalue weighted by Crippen LogP contribution is 2.72.